The van der Waals surface area contributed by atoms with Crippen LogP contribution in [0.5, 0.6) is 0 Å². The molecule has 0 aliphatic carbocycles. The van der Waals surface area contributed by atoms with Crippen molar-refractivity contribution in [2.24, 2.45) is 0 Å². The van der Waals surface area contributed by atoms with Crippen LogP contribution in [0.3, 0.4) is 0 Å². The number of rotatable bonds is 3. The summed E-state index contributed by atoms with van der Waals surface area (Å²) in [5.74, 6) is 0. The van der Waals surface area contributed by atoms with Gasteiger partial charge in [-0.3, -0.25) is 0 Å². The second-order valence-electron chi connectivity index (χ2n) is 3.12. The van der Waals surface area contributed by atoms with Crippen LogP contribution in [0.4, 0.5) is 18.9 Å². The summed E-state index contributed by atoms with van der Waals surface area (Å²) in [6.07, 6.45) is -4.62. The van der Waals surface area contributed by atoms with Crippen molar-refractivity contribution < 1.29 is 21.6 Å². The predicted octanol–water partition coefficient (Wildman–Crippen LogP) is 1.76. The average molecular weight is 289 g/mol. The molecule has 0 saturated carbocycles. The number of nitrogens with two attached hydrogens (primary N) is 1. The van der Waals surface area contributed by atoms with Crippen molar-refractivity contribution >= 4 is 27.3 Å². The fourth-order valence-electron chi connectivity index (χ4n) is 0.949. The molecule has 0 aromatic heterocycles. The topological polar surface area (TPSA) is 72.2 Å². The fraction of sp³-hybridized carbons (Fsp3) is 0.250. The molecule has 96 valence electrons. The van der Waals surface area contributed by atoms with E-state index in [4.69, 9.17) is 17.3 Å². The molecule has 0 amide bonds. The van der Waals surface area contributed by atoms with Gasteiger partial charge in [0.05, 0.1) is 15.6 Å². The van der Waals surface area contributed by atoms with Crippen LogP contribution >= 0.6 is 11.6 Å². The van der Waals surface area contributed by atoms with E-state index in [1.54, 1.807) is 0 Å². The van der Waals surface area contributed by atoms with Crippen LogP contribution in [-0.2, 0) is 10.0 Å². The van der Waals surface area contributed by atoms with Crippen LogP contribution < -0.4 is 10.5 Å². The van der Waals surface area contributed by atoms with Crippen molar-refractivity contribution in [3.05, 3.63) is 23.2 Å². The maximum absolute atomic E-state index is 11.9. The monoisotopic (exact) mass is 288 g/mol. The van der Waals surface area contributed by atoms with E-state index in [2.05, 4.69) is 0 Å². The first-order valence-electron chi connectivity index (χ1n) is 4.23. The van der Waals surface area contributed by atoms with Crippen LogP contribution in [0.15, 0.2) is 23.1 Å². The van der Waals surface area contributed by atoms with Gasteiger partial charge in [0.15, 0.2) is 0 Å². The zero-order valence-corrected chi connectivity index (χ0v) is 9.83. The number of hydrogen-bond acceptors (Lipinski definition) is 3. The van der Waals surface area contributed by atoms with E-state index in [0.29, 0.717) is 0 Å². The zero-order chi connectivity index (χ0) is 13.3. The summed E-state index contributed by atoms with van der Waals surface area (Å²) >= 11 is 5.56. The van der Waals surface area contributed by atoms with Crippen LogP contribution in [0.1, 0.15) is 0 Å². The first kappa shape index (κ1) is 14.1. The van der Waals surface area contributed by atoms with Crippen molar-refractivity contribution in [3.8, 4) is 0 Å². The normalized spacial score (nSPS) is 12.7. The molecule has 17 heavy (non-hydrogen) atoms. The Morgan fingerprint density at radius 2 is 1.94 bits per heavy atom. The van der Waals surface area contributed by atoms with Gasteiger partial charge in [0.2, 0.25) is 10.0 Å². The minimum absolute atomic E-state index is 0.0263. The molecule has 0 unspecified atom stereocenters. The summed E-state index contributed by atoms with van der Waals surface area (Å²) < 4.78 is 59.9. The van der Waals surface area contributed by atoms with Gasteiger partial charge in [-0.1, -0.05) is 11.6 Å². The highest BCUT2D eigenvalue weighted by Gasteiger charge is 2.30. The summed E-state index contributed by atoms with van der Waals surface area (Å²) in [6.45, 7) is -1.64. The highest BCUT2D eigenvalue weighted by molar-refractivity contribution is 7.89. The van der Waals surface area contributed by atoms with Gasteiger partial charge in [-0.05, 0) is 18.2 Å². The van der Waals surface area contributed by atoms with Gasteiger partial charge in [-0.15, -0.1) is 0 Å². The van der Waals surface area contributed by atoms with Gasteiger partial charge >= 0.3 is 6.18 Å². The number of hydrogen-bond donors (Lipinski definition) is 2. The molecular formula is C8H8ClF3N2O2S. The maximum Gasteiger partial charge on any atom is 0.402 e. The van der Waals surface area contributed by atoms with E-state index >= 15 is 0 Å². The van der Waals surface area contributed by atoms with Gasteiger partial charge in [-0.2, -0.15) is 13.2 Å². The molecule has 1 aromatic rings. The predicted molar refractivity (Wildman–Crippen MR) is 57.1 cm³/mol. The summed E-state index contributed by atoms with van der Waals surface area (Å²) in [4.78, 5) is -0.372. The molecule has 0 spiro atoms. The minimum atomic E-state index is -4.62. The highest BCUT2D eigenvalue weighted by Crippen LogP contribution is 2.22. The molecule has 1 rings (SSSR count). The third-order valence-electron chi connectivity index (χ3n) is 1.74. The average Bonchev–Trinajstić information content (AvgIpc) is 2.18. The molecule has 0 aliphatic heterocycles. The first-order valence-corrected chi connectivity index (χ1v) is 6.09. The SMILES string of the molecule is Nc1cc(S(=O)(=O)NCC(F)(F)F)ccc1Cl. The van der Waals surface area contributed by atoms with Crippen LogP contribution in [0, 0.1) is 0 Å². The maximum atomic E-state index is 11.9. The number of benzene rings is 1. The largest absolute Gasteiger partial charge is 0.402 e. The Balaban J connectivity index is 2.94. The number of halogens is 4. The van der Waals surface area contributed by atoms with Gasteiger partial charge in [0.1, 0.15) is 6.54 Å². The standard InChI is InChI=1S/C8H8ClF3N2O2S/c9-6-2-1-5(3-7(6)13)17(15,16)14-4-8(10,11)12/h1-3,14H,4,13H2. The zero-order valence-electron chi connectivity index (χ0n) is 8.25. The quantitative estimate of drug-likeness (QED) is 0.833. The van der Waals surface area contributed by atoms with E-state index in [-0.39, 0.29) is 15.6 Å². The lowest BCUT2D eigenvalue weighted by Crippen LogP contribution is -2.33. The Morgan fingerprint density at radius 3 is 2.41 bits per heavy atom. The van der Waals surface area contributed by atoms with Gasteiger partial charge in [-0.25, -0.2) is 13.1 Å². The van der Waals surface area contributed by atoms with Crippen molar-refractivity contribution in [1.82, 2.24) is 4.72 Å². The second-order valence-corrected chi connectivity index (χ2v) is 5.30. The molecule has 0 atom stereocenters. The third-order valence-corrected chi connectivity index (χ3v) is 3.48. The fourth-order valence-corrected chi connectivity index (χ4v) is 2.12. The Morgan fingerprint density at radius 1 is 1.35 bits per heavy atom. The molecule has 0 heterocycles. The van der Waals surface area contributed by atoms with Crippen LogP contribution in [0.25, 0.3) is 0 Å². The van der Waals surface area contributed by atoms with E-state index in [1.807, 2.05) is 0 Å². The second kappa shape index (κ2) is 4.71. The van der Waals surface area contributed by atoms with E-state index < -0.39 is 22.7 Å². The number of anilines is 1. The van der Waals surface area contributed by atoms with Crippen molar-refractivity contribution in [1.29, 1.82) is 0 Å². The molecule has 4 nitrogen and oxygen atoms in total. The van der Waals surface area contributed by atoms with Gasteiger partial charge < -0.3 is 5.73 Å². The van der Waals surface area contributed by atoms with Crippen molar-refractivity contribution in [2.45, 2.75) is 11.1 Å². The van der Waals surface area contributed by atoms with Crippen LogP contribution in [0.2, 0.25) is 5.02 Å². The number of nitrogen functional groups attached to an aromatic ring is 1. The van der Waals surface area contributed by atoms with E-state index in [1.165, 1.54) is 10.8 Å². The van der Waals surface area contributed by atoms with Gasteiger partial charge in [0, 0.05) is 0 Å². The molecule has 1 aromatic carbocycles. The number of nitrogens with one attached hydrogen (secondary N) is 1. The Kier molecular flexibility index (Phi) is 3.90. The Hall–Kier alpha value is -0.990. The van der Waals surface area contributed by atoms with Gasteiger partial charge in [0.25, 0.3) is 0 Å². The molecule has 0 fully saturated rings. The highest BCUT2D eigenvalue weighted by atomic mass is 35.5. The molecule has 0 bridgehead atoms. The molecule has 0 aliphatic rings. The van der Waals surface area contributed by atoms with E-state index in [9.17, 15) is 21.6 Å². The summed E-state index contributed by atoms with van der Waals surface area (Å²) in [6, 6.07) is 3.25. The Labute approximate surface area is 101 Å². The molecule has 9 heteroatoms. The minimum Gasteiger partial charge on any atom is -0.397 e. The van der Waals surface area contributed by atoms with Crippen LogP contribution in [-0.4, -0.2) is 21.1 Å². The molecule has 0 saturated heterocycles. The third kappa shape index (κ3) is 4.06. The van der Waals surface area contributed by atoms with Crippen molar-refractivity contribution in [2.75, 3.05) is 12.3 Å². The summed E-state index contributed by atoms with van der Waals surface area (Å²) in [5, 5.41) is 0.125. The van der Waals surface area contributed by atoms with Crippen molar-refractivity contribution in [3.63, 3.8) is 0 Å². The lowest BCUT2D eigenvalue weighted by atomic mass is 10.3. The smallest absolute Gasteiger partial charge is 0.397 e. The molecule has 0 radical (unpaired) electrons. The lowest BCUT2D eigenvalue weighted by Gasteiger charge is -2.10. The Bertz CT molecular complexity index is 516. The van der Waals surface area contributed by atoms with E-state index in [0.717, 1.165) is 12.1 Å². The molecule has 3 N–H and O–H groups in total. The molecular weight excluding hydrogens is 281 g/mol. The summed E-state index contributed by atoms with van der Waals surface area (Å²) in [7, 11) is -4.24. The lowest BCUT2D eigenvalue weighted by molar-refractivity contribution is -0.121. The number of alkyl halides is 3. The first-order chi connectivity index (χ1) is 7.62. The number of sulfonamides is 1. The summed E-state index contributed by atoms with van der Waals surface area (Å²) in [5.41, 5.74) is 5.33.